The van der Waals surface area contributed by atoms with Crippen LogP contribution in [0.15, 0.2) is 42.0 Å². The Kier molecular flexibility index (Phi) is 3.99. The fourth-order valence-corrected chi connectivity index (χ4v) is 1.50. The van der Waals surface area contributed by atoms with Crippen molar-refractivity contribution < 1.29 is 5.11 Å². The Morgan fingerprint density at radius 1 is 1.32 bits per heavy atom. The summed E-state index contributed by atoms with van der Waals surface area (Å²) in [6, 6.07) is 5.11. The van der Waals surface area contributed by atoms with Gasteiger partial charge in [-0.25, -0.2) is 9.97 Å². The van der Waals surface area contributed by atoms with Crippen LogP contribution >= 0.6 is 12.2 Å². The van der Waals surface area contributed by atoms with Crippen molar-refractivity contribution in [2.45, 2.75) is 0 Å². The van der Waals surface area contributed by atoms with Gasteiger partial charge in [-0.1, -0.05) is 6.07 Å². The number of phenolic OH excluding ortho intramolecular Hbond substituents is 1. The highest BCUT2D eigenvalue weighted by molar-refractivity contribution is 7.80. The molecule has 96 valence electrons. The first kappa shape index (κ1) is 12.9. The van der Waals surface area contributed by atoms with Crippen molar-refractivity contribution in [3.63, 3.8) is 0 Å². The first-order valence-electron chi connectivity index (χ1n) is 5.34. The van der Waals surface area contributed by atoms with Gasteiger partial charge in [0.15, 0.2) is 5.11 Å². The molecule has 0 unspecified atom stereocenters. The van der Waals surface area contributed by atoms with Gasteiger partial charge < -0.3 is 10.8 Å². The first-order valence-corrected chi connectivity index (χ1v) is 5.74. The minimum atomic E-state index is 0.0587. The molecule has 1 aromatic heterocycles. The lowest BCUT2D eigenvalue weighted by atomic mass is 10.1. The molecule has 0 spiro atoms. The normalized spacial score (nSPS) is 10.5. The molecule has 0 aliphatic carbocycles. The Morgan fingerprint density at radius 2 is 2.05 bits per heavy atom. The molecule has 2 rings (SSSR count). The third-order valence-electron chi connectivity index (χ3n) is 2.30. The number of hydrogen-bond acceptors (Lipinski definition) is 5. The molecule has 0 saturated carbocycles. The number of rotatable bonds is 3. The van der Waals surface area contributed by atoms with E-state index < -0.39 is 0 Å². The Bertz CT molecular complexity index is 615. The van der Waals surface area contributed by atoms with Crippen LogP contribution in [0.4, 0.5) is 0 Å². The summed E-state index contributed by atoms with van der Waals surface area (Å²) in [6.07, 6.45) is 6.27. The Hall–Kier alpha value is -2.54. The molecular weight excluding hydrogens is 262 g/mol. The molecule has 0 fully saturated rings. The second-order valence-electron chi connectivity index (χ2n) is 3.64. The molecule has 2 aromatic rings. The maximum atomic E-state index is 9.73. The Morgan fingerprint density at radius 3 is 2.74 bits per heavy atom. The van der Waals surface area contributed by atoms with Crippen LogP contribution in [0.1, 0.15) is 5.56 Å². The van der Waals surface area contributed by atoms with E-state index in [1.165, 1.54) is 12.5 Å². The number of phenols is 1. The topological polar surface area (TPSA) is 96.4 Å². The number of nitrogens with one attached hydrogen (secondary N) is 1. The average molecular weight is 273 g/mol. The smallest absolute Gasteiger partial charge is 0.184 e. The van der Waals surface area contributed by atoms with Crippen LogP contribution in [0, 0.1) is 0 Å². The van der Waals surface area contributed by atoms with Gasteiger partial charge in [-0.05, 0) is 29.9 Å². The Balaban J connectivity index is 2.30. The van der Waals surface area contributed by atoms with Crippen molar-refractivity contribution in [3.05, 3.63) is 42.5 Å². The van der Waals surface area contributed by atoms with Crippen molar-refractivity contribution in [2.24, 2.45) is 10.8 Å². The molecule has 0 amide bonds. The number of hydrazone groups is 1. The summed E-state index contributed by atoms with van der Waals surface area (Å²) < 4.78 is 0. The third-order valence-corrected chi connectivity index (χ3v) is 2.39. The van der Waals surface area contributed by atoms with E-state index in [-0.39, 0.29) is 10.9 Å². The second-order valence-corrected chi connectivity index (χ2v) is 4.07. The van der Waals surface area contributed by atoms with Crippen LogP contribution in [-0.2, 0) is 0 Å². The molecule has 0 aliphatic rings. The van der Waals surface area contributed by atoms with Gasteiger partial charge in [0, 0.05) is 23.5 Å². The molecule has 1 heterocycles. The molecular formula is C12H11N5OS. The zero-order valence-electron chi connectivity index (χ0n) is 9.82. The number of nitrogens with two attached hydrogens (primary N) is 1. The number of aromatic hydroxyl groups is 1. The molecule has 1 aromatic carbocycles. The van der Waals surface area contributed by atoms with E-state index in [2.05, 4.69) is 32.7 Å². The van der Waals surface area contributed by atoms with E-state index in [4.69, 9.17) is 5.73 Å². The van der Waals surface area contributed by atoms with Crippen LogP contribution in [0.3, 0.4) is 0 Å². The minimum absolute atomic E-state index is 0.0587. The minimum Gasteiger partial charge on any atom is -0.507 e. The second kappa shape index (κ2) is 5.87. The van der Waals surface area contributed by atoms with Gasteiger partial charge in [-0.15, -0.1) is 0 Å². The van der Waals surface area contributed by atoms with Crippen molar-refractivity contribution >= 4 is 23.5 Å². The summed E-state index contributed by atoms with van der Waals surface area (Å²) in [7, 11) is 0. The van der Waals surface area contributed by atoms with Gasteiger partial charge in [0.05, 0.1) is 6.21 Å². The lowest BCUT2D eigenvalue weighted by molar-refractivity contribution is 0.474. The van der Waals surface area contributed by atoms with Crippen LogP contribution in [-0.4, -0.2) is 26.4 Å². The van der Waals surface area contributed by atoms with E-state index in [9.17, 15) is 5.11 Å². The van der Waals surface area contributed by atoms with Crippen molar-refractivity contribution in [1.29, 1.82) is 0 Å². The molecule has 0 atom stereocenters. The summed E-state index contributed by atoms with van der Waals surface area (Å²) in [5.74, 6) is 0.106. The fourth-order valence-electron chi connectivity index (χ4n) is 1.45. The van der Waals surface area contributed by atoms with Crippen molar-refractivity contribution in [3.8, 4) is 16.9 Å². The maximum Gasteiger partial charge on any atom is 0.184 e. The summed E-state index contributed by atoms with van der Waals surface area (Å²) in [6.45, 7) is 0. The van der Waals surface area contributed by atoms with Gasteiger partial charge in [0.2, 0.25) is 0 Å². The number of benzene rings is 1. The zero-order chi connectivity index (χ0) is 13.7. The largest absolute Gasteiger partial charge is 0.507 e. The SMILES string of the molecule is NC(=S)N/N=C/c1cc(-c2cncnc2)ccc1O. The van der Waals surface area contributed by atoms with Crippen molar-refractivity contribution in [1.82, 2.24) is 15.4 Å². The zero-order valence-corrected chi connectivity index (χ0v) is 10.6. The number of nitrogens with zero attached hydrogens (tertiary/aromatic N) is 3. The lowest BCUT2D eigenvalue weighted by Crippen LogP contribution is -2.23. The summed E-state index contributed by atoms with van der Waals surface area (Å²) in [4.78, 5) is 7.89. The number of thiocarbonyl (C=S) groups is 1. The third kappa shape index (κ3) is 3.46. The average Bonchev–Trinajstić information content (AvgIpc) is 2.41. The van der Waals surface area contributed by atoms with E-state index in [0.717, 1.165) is 11.1 Å². The van der Waals surface area contributed by atoms with Crippen LogP contribution in [0.2, 0.25) is 0 Å². The monoisotopic (exact) mass is 273 g/mol. The van der Waals surface area contributed by atoms with E-state index in [1.807, 2.05) is 0 Å². The van der Waals surface area contributed by atoms with Crippen LogP contribution < -0.4 is 11.2 Å². The molecule has 4 N–H and O–H groups in total. The molecule has 0 aliphatic heterocycles. The predicted octanol–water partition coefficient (Wildman–Crippen LogP) is 1.02. The fraction of sp³-hybridized carbons (Fsp3) is 0. The van der Waals surface area contributed by atoms with Gasteiger partial charge in [0.1, 0.15) is 12.1 Å². The number of aromatic nitrogens is 2. The Labute approximate surface area is 115 Å². The highest BCUT2D eigenvalue weighted by Crippen LogP contribution is 2.23. The van der Waals surface area contributed by atoms with Crippen LogP contribution in [0.5, 0.6) is 5.75 Å². The van der Waals surface area contributed by atoms with Crippen molar-refractivity contribution in [2.75, 3.05) is 0 Å². The standard InChI is InChI=1S/C12H11N5OS/c13-12(19)17-16-6-9-3-8(1-2-11(9)18)10-4-14-7-15-5-10/h1-7,18H,(H3,13,17,19)/b16-6+. The molecule has 0 radical (unpaired) electrons. The molecule has 0 bridgehead atoms. The van der Waals surface area contributed by atoms with Gasteiger partial charge in [-0.3, -0.25) is 5.43 Å². The molecule has 19 heavy (non-hydrogen) atoms. The highest BCUT2D eigenvalue weighted by Gasteiger charge is 2.03. The lowest BCUT2D eigenvalue weighted by Gasteiger charge is -2.04. The van der Waals surface area contributed by atoms with Crippen LogP contribution in [0.25, 0.3) is 11.1 Å². The predicted molar refractivity (Wildman–Crippen MR) is 76.6 cm³/mol. The summed E-state index contributed by atoms with van der Waals surface area (Å²) in [5, 5.41) is 13.6. The quantitative estimate of drug-likeness (QED) is 0.439. The summed E-state index contributed by atoms with van der Waals surface area (Å²) >= 11 is 4.62. The van der Waals surface area contributed by atoms with E-state index in [0.29, 0.717) is 5.56 Å². The maximum absolute atomic E-state index is 9.73. The van der Waals surface area contributed by atoms with Gasteiger partial charge in [0.25, 0.3) is 0 Å². The summed E-state index contributed by atoms with van der Waals surface area (Å²) in [5.41, 5.74) is 9.92. The first-order chi connectivity index (χ1) is 9.16. The number of hydrogen-bond donors (Lipinski definition) is 3. The van der Waals surface area contributed by atoms with E-state index in [1.54, 1.807) is 30.6 Å². The van der Waals surface area contributed by atoms with Gasteiger partial charge >= 0.3 is 0 Å². The molecule has 7 heteroatoms. The van der Waals surface area contributed by atoms with E-state index >= 15 is 0 Å². The molecule has 0 saturated heterocycles. The highest BCUT2D eigenvalue weighted by atomic mass is 32.1. The molecule has 6 nitrogen and oxygen atoms in total. The van der Waals surface area contributed by atoms with Gasteiger partial charge in [-0.2, -0.15) is 5.10 Å².